The number of aryl methyl sites for hydroxylation is 2. The first-order valence-electron chi connectivity index (χ1n) is 9.88. The van der Waals surface area contributed by atoms with Gasteiger partial charge in [-0.2, -0.15) is 0 Å². The van der Waals surface area contributed by atoms with Gasteiger partial charge in [0.05, 0.1) is 18.7 Å². The molecule has 1 aliphatic heterocycles. The van der Waals surface area contributed by atoms with Gasteiger partial charge in [-0.15, -0.1) is 0 Å². The number of Topliss-reactive ketones (excluding diaryl/α,β-unsaturated/α-hetero) is 1. The Balaban J connectivity index is 1.71. The third-order valence-corrected chi connectivity index (χ3v) is 6.20. The van der Waals surface area contributed by atoms with Gasteiger partial charge in [0, 0.05) is 15.6 Å². The number of aliphatic hydroxyl groups is 1. The third kappa shape index (κ3) is 3.93. The molecular weight excluding hydrogens is 461 g/mol. The van der Waals surface area contributed by atoms with Gasteiger partial charge in [-0.3, -0.25) is 9.59 Å². The summed E-state index contributed by atoms with van der Waals surface area (Å²) in [4.78, 5) is 27.8. The highest BCUT2D eigenvalue weighted by atomic mass is 79.9. The quantitative estimate of drug-likeness (QED) is 0.508. The molecule has 4 nitrogen and oxygen atoms in total. The molecule has 3 aromatic carbocycles. The maximum Gasteiger partial charge on any atom is 0.264 e. The van der Waals surface area contributed by atoms with Gasteiger partial charge in [-0.1, -0.05) is 39.7 Å². The lowest BCUT2D eigenvalue weighted by molar-refractivity contribution is -0.136. The molecule has 1 amide bonds. The predicted molar refractivity (Wildman–Crippen MR) is 120 cm³/mol. The molecule has 1 heterocycles. The van der Waals surface area contributed by atoms with Crippen LogP contribution in [0.4, 0.5) is 10.1 Å². The van der Waals surface area contributed by atoms with Crippen molar-refractivity contribution in [3.8, 4) is 0 Å². The maximum atomic E-state index is 13.4. The van der Waals surface area contributed by atoms with Crippen molar-refractivity contribution < 1.29 is 19.1 Å². The molecule has 1 N–H and O–H groups in total. The monoisotopic (exact) mass is 481 g/mol. The molecule has 0 spiro atoms. The number of rotatable bonds is 5. The van der Waals surface area contributed by atoms with E-state index < -0.39 is 29.5 Å². The molecule has 6 heteroatoms. The first-order valence-corrected chi connectivity index (χ1v) is 10.7. The second kappa shape index (κ2) is 8.02. The molecule has 31 heavy (non-hydrogen) atoms. The zero-order valence-corrected chi connectivity index (χ0v) is 18.7. The molecule has 158 valence electrons. The van der Waals surface area contributed by atoms with E-state index in [1.807, 2.05) is 32.0 Å². The number of carbonyl (C=O) groups excluding carboxylic acids is 2. The fourth-order valence-electron chi connectivity index (χ4n) is 4.01. The van der Waals surface area contributed by atoms with Crippen molar-refractivity contribution >= 4 is 33.3 Å². The van der Waals surface area contributed by atoms with Gasteiger partial charge in [-0.25, -0.2) is 4.39 Å². The summed E-state index contributed by atoms with van der Waals surface area (Å²) in [6.45, 7) is 4.27. The molecule has 0 aliphatic carbocycles. The van der Waals surface area contributed by atoms with Crippen LogP contribution in [0.1, 0.15) is 39.0 Å². The van der Waals surface area contributed by atoms with Gasteiger partial charge < -0.3 is 10.0 Å². The number of anilines is 1. The molecule has 0 aromatic heterocycles. The average Bonchev–Trinajstić information content (AvgIpc) is 2.92. The second-order valence-electron chi connectivity index (χ2n) is 7.95. The van der Waals surface area contributed by atoms with Crippen molar-refractivity contribution in [2.45, 2.75) is 32.4 Å². The van der Waals surface area contributed by atoms with Gasteiger partial charge >= 0.3 is 0 Å². The van der Waals surface area contributed by atoms with Crippen LogP contribution in [0.3, 0.4) is 0 Å². The van der Waals surface area contributed by atoms with Crippen molar-refractivity contribution in [1.29, 1.82) is 0 Å². The van der Waals surface area contributed by atoms with Gasteiger partial charge in [0.25, 0.3) is 5.91 Å². The van der Waals surface area contributed by atoms with E-state index in [9.17, 15) is 19.1 Å². The summed E-state index contributed by atoms with van der Waals surface area (Å²) in [7, 11) is 0. The Bertz CT molecular complexity index is 1190. The Labute approximate surface area is 188 Å². The van der Waals surface area contributed by atoms with E-state index in [4.69, 9.17) is 0 Å². The molecule has 1 unspecified atom stereocenters. The highest BCUT2D eigenvalue weighted by Crippen LogP contribution is 2.45. The topological polar surface area (TPSA) is 57.6 Å². The van der Waals surface area contributed by atoms with E-state index in [2.05, 4.69) is 15.9 Å². The average molecular weight is 482 g/mol. The minimum absolute atomic E-state index is 0.243. The summed E-state index contributed by atoms with van der Waals surface area (Å²) in [5.74, 6) is -1.44. The van der Waals surface area contributed by atoms with Gasteiger partial charge in [0.1, 0.15) is 5.82 Å². The first kappa shape index (κ1) is 21.4. The molecular formula is C25H21BrFNO3. The van der Waals surface area contributed by atoms with Crippen molar-refractivity contribution in [2.24, 2.45) is 0 Å². The molecule has 4 rings (SSSR count). The van der Waals surface area contributed by atoms with Crippen molar-refractivity contribution in [1.82, 2.24) is 0 Å². The molecule has 0 saturated heterocycles. The molecule has 0 fully saturated rings. The van der Waals surface area contributed by atoms with Crippen LogP contribution < -0.4 is 4.90 Å². The molecule has 0 radical (unpaired) electrons. The molecule has 3 aromatic rings. The molecule has 0 saturated carbocycles. The second-order valence-corrected chi connectivity index (χ2v) is 8.87. The molecule has 0 bridgehead atoms. The summed E-state index contributed by atoms with van der Waals surface area (Å²) in [6.07, 6.45) is -0.426. The summed E-state index contributed by atoms with van der Waals surface area (Å²) < 4.78 is 13.9. The Kier molecular flexibility index (Phi) is 5.54. The SMILES string of the molecule is Cc1ccc(CN2C(=O)C(O)(CC(=O)c3ccc(F)cc3)c3cc(Br)ccc32)c(C)c1. The van der Waals surface area contributed by atoms with Crippen LogP contribution in [0, 0.1) is 19.7 Å². The van der Waals surface area contributed by atoms with E-state index in [0.717, 1.165) is 16.7 Å². The Hall–Kier alpha value is -2.83. The highest BCUT2D eigenvalue weighted by molar-refractivity contribution is 9.10. The van der Waals surface area contributed by atoms with Crippen LogP contribution in [-0.2, 0) is 16.9 Å². The number of nitrogens with zero attached hydrogens (tertiary/aromatic N) is 1. The van der Waals surface area contributed by atoms with Crippen molar-refractivity contribution in [2.75, 3.05) is 4.90 Å². The fraction of sp³-hybridized carbons (Fsp3) is 0.200. The van der Waals surface area contributed by atoms with Gasteiger partial charge in [0.15, 0.2) is 11.4 Å². The number of hydrogen-bond acceptors (Lipinski definition) is 3. The number of halogens is 2. The summed E-state index contributed by atoms with van der Waals surface area (Å²) >= 11 is 3.39. The summed E-state index contributed by atoms with van der Waals surface area (Å²) in [5, 5.41) is 11.5. The lowest BCUT2D eigenvalue weighted by atomic mass is 9.88. The van der Waals surface area contributed by atoms with Crippen LogP contribution in [-0.4, -0.2) is 16.8 Å². The number of benzene rings is 3. The summed E-state index contributed by atoms with van der Waals surface area (Å²) in [6, 6.07) is 16.3. The van der Waals surface area contributed by atoms with E-state index in [0.29, 0.717) is 15.7 Å². The Morgan fingerprint density at radius 2 is 1.77 bits per heavy atom. The van der Waals surface area contributed by atoms with Gasteiger partial charge in [-0.05, 0) is 67.4 Å². The lowest BCUT2D eigenvalue weighted by Gasteiger charge is -2.23. The van der Waals surface area contributed by atoms with Gasteiger partial charge in [0.2, 0.25) is 0 Å². The van der Waals surface area contributed by atoms with Crippen LogP contribution in [0.25, 0.3) is 0 Å². The van der Waals surface area contributed by atoms with Crippen LogP contribution >= 0.6 is 15.9 Å². The smallest absolute Gasteiger partial charge is 0.264 e. The van der Waals surface area contributed by atoms with E-state index >= 15 is 0 Å². The maximum absolute atomic E-state index is 13.4. The number of hydrogen-bond donors (Lipinski definition) is 1. The number of carbonyl (C=O) groups is 2. The first-order chi connectivity index (χ1) is 14.7. The summed E-state index contributed by atoms with van der Waals surface area (Å²) in [5.41, 5.74) is 2.33. The standard InChI is InChI=1S/C25H21BrFNO3/c1-15-3-4-18(16(2)11-15)14-28-22-10-7-19(26)12-21(22)25(31,24(28)30)13-23(29)17-5-8-20(27)9-6-17/h3-12,31H,13-14H2,1-2H3. The fourth-order valence-corrected chi connectivity index (χ4v) is 4.38. The van der Waals surface area contributed by atoms with Crippen LogP contribution in [0.2, 0.25) is 0 Å². The molecule has 1 aliphatic rings. The van der Waals surface area contributed by atoms with Crippen LogP contribution in [0.15, 0.2) is 65.1 Å². The predicted octanol–water partition coefficient (Wildman–Crippen LogP) is 5.21. The zero-order valence-electron chi connectivity index (χ0n) is 17.2. The Morgan fingerprint density at radius 3 is 2.45 bits per heavy atom. The minimum Gasteiger partial charge on any atom is -0.375 e. The minimum atomic E-state index is -2.00. The van der Waals surface area contributed by atoms with Crippen LogP contribution in [0.5, 0.6) is 0 Å². The number of amides is 1. The normalized spacial score (nSPS) is 17.7. The van der Waals surface area contributed by atoms with Crippen molar-refractivity contribution in [3.63, 3.8) is 0 Å². The van der Waals surface area contributed by atoms with E-state index in [-0.39, 0.29) is 12.1 Å². The number of ketones is 1. The zero-order chi connectivity index (χ0) is 22.3. The lowest BCUT2D eigenvalue weighted by Crippen LogP contribution is -2.41. The highest BCUT2D eigenvalue weighted by Gasteiger charge is 2.51. The third-order valence-electron chi connectivity index (χ3n) is 5.70. The molecule has 1 atom stereocenters. The largest absolute Gasteiger partial charge is 0.375 e. The number of fused-ring (bicyclic) bond motifs is 1. The van der Waals surface area contributed by atoms with E-state index in [1.54, 1.807) is 18.2 Å². The van der Waals surface area contributed by atoms with E-state index in [1.165, 1.54) is 29.2 Å². The Morgan fingerprint density at radius 1 is 1.06 bits per heavy atom. The van der Waals surface area contributed by atoms with Crippen molar-refractivity contribution in [3.05, 3.63) is 98.8 Å².